The molecule has 0 spiro atoms. The number of aromatic carboxylic acids is 1. The zero-order valence-corrected chi connectivity index (χ0v) is 10.3. The second-order valence-electron chi connectivity index (χ2n) is 3.73. The van der Waals surface area contributed by atoms with Crippen molar-refractivity contribution in [2.24, 2.45) is 0 Å². The van der Waals surface area contributed by atoms with Gasteiger partial charge in [0.1, 0.15) is 4.88 Å². The summed E-state index contributed by atoms with van der Waals surface area (Å²) in [4.78, 5) is 15.3. The van der Waals surface area contributed by atoms with E-state index in [-0.39, 0.29) is 4.88 Å². The van der Waals surface area contributed by atoms with Gasteiger partial charge in [-0.3, -0.25) is 0 Å². The number of aryl methyl sites for hydroxylation is 2. The fourth-order valence-corrected chi connectivity index (χ4v) is 2.23. The fraction of sp³-hybridized carbons (Fsp3) is 0.167. The van der Waals surface area contributed by atoms with Crippen molar-refractivity contribution in [2.75, 3.05) is 5.32 Å². The van der Waals surface area contributed by atoms with Crippen LogP contribution in [0.1, 0.15) is 20.9 Å². The van der Waals surface area contributed by atoms with Gasteiger partial charge in [0.15, 0.2) is 5.13 Å². The van der Waals surface area contributed by atoms with Crippen LogP contribution < -0.4 is 5.32 Å². The maximum Gasteiger partial charge on any atom is 0.347 e. The Morgan fingerprint density at radius 3 is 2.47 bits per heavy atom. The maximum absolute atomic E-state index is 10.9. The zero-order chi connectivity index (χ0) is 12.4. The van der Waals surface area contributed by atoms with Crippen molar-refractivity contribution in [2.45, 2.75) is 13.8 Å². The molecule has 0 aliphatic carbocycles. The Kier molecular flexibility index (Phi) is 3.10. The normalized spacial score (nSPS) is 10.2. The second-order valence-corrected chi connectivity index (χ2v) is 4.73. The molecule has 4 nitrogen and oxygen atoms in total. The van der Waals surface area contributed by atoms with Gasteiger partial charge in [0.25, 0.3) is 0 Å². The number of nitrogens with one attached hydrogen (secondary N) is 1. The third-order valence-electron chi connectivity index (χ3n) is 2.29. The molecule has 0 bridgehead atoms. The predicted octanol–water partition coefficient (Wildman–Crippen LogP) is 3.20. The number of hydrogen-bond acceptors (Lipinski definition) is 4. The number of carboxylic acids is 1. The monoisotopic (exact) mass is 248 g/mol. The highest BCUT2D eigenvalue weighted by molar-refractivity contribution is 7.17. The molecule has 0 saturated carbocycles. The number of aromatic nitrogens is 1. The number of hydrogen-bond donors (Lipinski definition) is 2. The van der Waals surface area contributed by atoms with E-state index in [1.165, 1.54) is 5.56 Å². The van der Waals surface area contributed by atoms with Crippen LogP contribution in [0.2, 0.25) is 0 Å². The average Bonchev–Trinajstić information content (AvgIpc) is 2.63. The summed E-state index contributed by atoms with van der Waals surface area (Å²) in [5, 5.41) is 12.6. The summed E-state index contributed by atoms with van der Waals surface area (Å²) in [6.45, 7) is 3.71. The van der Waals surface area contributed by atoms with Gasteiger partial charge in [-0.2, -0.15) is 0 Å². The molecule has 0 amide bonds. The smallest absolute Gasteiger partial charge is 0.347 e. The van der Waals surface area contributed by atoms with E-state index in [2.05, 4.69) is 10.3 Å². The summed E-state index contributed by atoms with van der Waals surface area (Å²) >= 11 is 1.14. The molecule has 0 radical (unpaired) electrons. The first-order chi connectivity index (χ1) is 8.06. The Labute approximate surface area is 103 Å². The number of thiazole rings is 1. The fourth-order valence-electron chi connectivity index (χ4n) is 1.41. The van der Waals surface area contributed by atoms with Crippen LogP contribution in [0.15, 0.2) is 24.3 Å². The third-order valence-corrected chi connectivity index (χ3v) is 3.35. The molecule has 0 saturated heterocycles. The first-order valence-electron chi connectivity index (χ1n) is 5.10. The Morgan fingerprint density at radius 1 is 1.29 bits per heavy atom. The Morgan fingerprint density at radius 2 is 1.94 bits per heavy atom. The van der Waals surface area contributed by atoms with E-state index in [9.17, 15) is 4.79 Å². The molecule has 1 aromatic heterocycles. The first-order valence-corrected chi connectivity index (χ1v) is 5.92. The number of anilines is 2. The number of benzene rings is 1. The zero-order valence-electron chi connectivity index (χ0n) is 9.52. The average molecular weight is 248 g/mol. The van der Waals surface area contributed by atoms with Gasteiger partial charge in [-0.1, -0.05) is 29.0 Å². The summed E-state index contributed by atoms with van der Waals surface area (Å²) in [6, 6.07) is 7.85. The van der Waals surface area contributed by atoms with Gasteiger partial charge in [-0.15, -0.1) is 0 Å². The number of rotatable bonds is 3. The SMILES string of the molecule is Cc1ccc(Nc2nc(C)c(C(=O)O)s2)cc1. The molecule has 0 atom stereocenters. The molecule has 1 heterocycles. The summed E-state index contributed by atoms with van der Waals surface area (Å²) < 4.78 is 0. The maximum atomic E-state index is 10.9. The number of nitrogens with zero attached hydrogens (tertiary/aromatic N) is 1. The lowest BCUT2D eigenvalue weighted by atomic mass is 10.2. The molecule has 5 heteroatoms. The summed E-state index contributed by atoms with van der Waals surface area (Å²) in [5.41, 5.74) is 2.62. The topological polar surface area (TPSA) is 62.2 Å². The van der Waals surface area contributed by atoms with Crippen molar-refractivity contribution in [1.29, 1.82) is 0 Å². The Balaban J connectivity index is 2.22. The Hall–Kier alpha value is -1.88. The lowest BCUT2D eigenvalue weighted by Crippen LogP contribution is -1.94. The first kappa shape index (κ1) is 11.6. The van der Waals surface area contributed by atoms with Crippen molar-refractivity contribution in [3.8, 4) is 0 Å². The van der Waals surface area contributed by atoms with Crippen LogP contribution in [0.25, 0.3) is 0 Å². The molecule has 88 valence electrons. The van der Waals surface area contributed by atoms with Crippen LogP contribution in [-0.4, -0.2) is 16.1 Å². The third kappa shape index (κ3) is 2.62. The molecule has 2 N–H and O–H groups in total. The number of carboxylic acid groups (broad SMARTS) is 1. The van der Waals surface area contributed by atoms with Gasteiger partial charge >= 0.3 is 5.97 Å². The highest BCUT2D eigenvalue weighted by Crippen LogP contribution is 2.25. The van der Waals surface area contributed by atoms with Gasteiger partial charge in [-0.25, -0.2) is 9.78 Å². The minimum atomic E-state index is -0.933. The largest absolute Gasteiger partial charge is 0.477 e. The standard InChI is InChI=1S/C12H12N2O2S/c1-7-3-5-9(6-4-7)14-12-13-8(2)10(17-12)11(15)16/h3-6H,1-2H3,(H,13,14)(H,15,16). The van der Waals surface area contributed by atoms with Gasteiger partial charge < -0.3 is 10.4 Å². The highest BCUT2D eigenvalue weighted by atomic mass is 32.1. The van der Waals surface area contributed by atoms with Crippen molar-refractivity contribution in [3.05, 3.63) is 40.4 Å². The van der Waals surface area contributed by atoms with Gasteiger partial charge in [0.2, 0.25) is 0 Å². The molecule has 2 rings (SSSR count). The lowest BCUT2D eigenvalue weighted by molar-refractivity contribution is 0.0701. The summed E-state index contributed by atoms with van der Waals surface area (Å²) in [5.74, 6) is -0.933. The van der Waals surface area contributed by atoms with Crippen LogP contribution in [-0.2, 0) is 0 Å². The van der Waals surface area contributed by atoms with Crippen LogP contribution in [0.4, 0.5) is 10.8 Å². The molecular weight excluding hydrogens is 236 g/mol. The molecule has 0 fully saturated rings. The van der Waals surface area contributed by atoms with Crippen LogP contribution in [0, 0.1) is 13.8 Å². The molecular formula is C12H12N2O2S. The van der Waals surface area contributed by atoms with Crippen molar-refractivity contribution >= 4 is 28.1 Å². The number of carbonyl (C=O) groups is 1. The molecule has 1 aromatic carbocycles. The van der Waals surface area contributed by atoms with Gasteiger partial charge in [-0.05, 0) is 26.0 Å². The van der Waals surface area contributed by atoms with Crippen LogP contribution in [0.3, 0.4) is 0 Å². The highest BCUT2D eigenvalue weighted by Gasteiger charge is 2.13. The van der Waals surface area contributed by atoms with E-state index in [0.717, 1.165) is 17.0 Å². The van der Waals surface area contributed by atoms with Gasteiger partial charge in [0, 0.05) is 5.69 Å². The van der Waals surface area contributed by atoms with E-state index in [1.54, 1.807) is 6.92 Å². The van der Waals surface area contributed by atoms with Crippen LogP contribution in [0.5, 0.6) is 0 Å². The quantitative estimate of drug-likeness (QED) is 0.875. The van der Waals surface area contributed by atoms with E-state index >= 15 is 0 Å². The van der Waals surface area contributed by atoms with E-state index < -0.39 is 5.97 Å². The minimum absolute atomic E-state index is 0.277. The molecule has 0 aliphatic heterocycles. The predicted molar refractivity (Wildman–Crippen MR) is 68.3 cm³/mol. The molecule has 2 aromatic rings. The van der Waals surface area contributed by atoms with Crippen molar-refractivity contribution < 1.29 is 9.90 Å². The van der Waals surface area contributed by atoms with Gasteiger partial charge in [0.05, 0.1) is 5.69 Å². The minimum Gasteiger partial charge on any atom is -0.477 e. The summed E-state index contributed by atoms with van der Waals surface area (Å²) in [7, 11) is 0. The lowest BCUT2D eigenvalue weighted by Gasteiger charge is -2.01. The summed E-state index contributed by atoms with van der Waals surface area (Å²) in [6.07, 6.45) is 0. The van der Waals surface area contributed by atoms with Crippen molar-refractivity contribution in [3.63, 3.8) is 0 Å². The Bertz CT molecular complexity index is 546. The van der Waals surface area contributed by atoms with E-state index in [1.807, 2.05) is 31.2 Å². The molecule has 0 aliphatic rings. The molecule has 0 unspecified atom stereocenters. The van der Waals surface area contributed by atoms with Crippen LogP contribution >= 0.6 is 11.3 Å². The molecule has 17 heavy (non-hydrogen) atoms. The van der Waals surface area contributed by atoms with Crippen molar-refractivity contribution in [1.82, 2.24) is 4.98 Å². The second kappa shape index (κ2) is 4.55. The van der Waals surface area contributed by atoms with E-state index in [4.69, 9.17) is 5.11 Å². The van der Waals surface area contributed by atoms with E-state index in [0.29, 0.717) is 10.8 Å².